The summed E-state index contributed by atoms with van der Waals surface area (Å²) < 4.78 is 0. The molecule has 0 aliphatic carbocycles. The number of rotatable bonds is 4. The molecule has 0 amide bonds. The van der Waals surface area contributed by atoms with Crippen LogP contribution in [0.3, 0.4) is 0 Å². The molecule has 0 aliphatic heterocycles. The lowest BCUT2D eigenvalue weighted by Crippen LogP contribution is -2.11. The maximum Gasteiger partial charge on any atom is 0.115 e. The molecule has 3 nitrogen and oxygen atoms in total. The molecule has 0 radical (unpaired) electrons. The van der Waals surface area contributed by atoms with Crippen LogP contribution in [0.25, 0.3) is 11.1 Å². The van der Waals surface area contributed by atoms with Crippen LogP contribution >= 0.6 is 11.6 Å². The maximum absolute atomic E-state index is 6.26. The summed E-state index contributed by atoms with van der Waals surface area (Å²) in [7, 11) is 0. The lowest BCUT2D eigenvalue weighted by Gasteiger charge is -2.07. The molecule has 2 aromatic rings. The number of hydrogen-bond donors (Lipinski definition) is 1. The minimum absolute atomic E-state index is 0.732. The van der Waals surface area contributed by atoms with Gasteiger partial charge in [-0.3, -0.25) is 0 Å². The van der Waals surface area contributed by atoms with Crippen molar-refractivity contribution in [2.24, 2.45) is 0 Å². The van der Waals surface area contributed by atoms with Crippen LogP contribution in [0.5, 0.6) is 0 Å². The average Bonchev–Trinajstić information content (AvgIpc) is 2.37. The monoisotopic (exact) mass is 247 g/mol. The Morgan fingerprint density at radius 1 is 1.24 bits per heavy atom. The van der Waals surface area contributed by atoms with Crippen molar-refractivity contribution in [3.05, 3.63) is 47.5 Å². The first kappa shape index (κ1) is 12.0. The first-order valence-electron chi connectivity index (χ1n) is 5.55. The fourth-order valence-electron chi connectivity index (χ4n) is 1.61. The predicted octanol–water partition coefficient (Wildman–Crippen LogP) is 2.91. The van der Waals surface area contributed by atoms with Crippen molar-refractivity contribution in [1.29, 1.82) is 0 Å². The van der Waals surface area contributed by atoms with Crippen LogP contribution in [0, 0.1) is 0 Å². The minimum atomic E-state index is 0.732. The molecule has 1 aromatic heterocycles. The van der Waals surface area contributed by atoms with E-state index in [2.05, 4.69) is 28.3 Å². The van der Waals surface area contributed by atoms with Gasteiger partial charge >= 0.3 is 0 Å². The molecule has 0 unspecified atom stereocenters. The average molecular weight is 248 g/mol. The summed E-state index contributed by atoms with van der Waals surface area (Å²) in [5, 5.41) is 4.00. The van der Waals surface area contributed by atoms with Crippen LogP contribution in [0.1, 0.15) is 12.5 Å². The summed E-state index contributed by atoms with van der Waals surface area (Å²) in [6.07, 6.45) is 5.04. The molecule has 1 heterocycles. The molecule has 88 valence electrons. The maximum atomic E-state index is 6.26. The van der Waals surface area contributed by atoms with Crippen molar-refractivity contribution in [3.8, 4) is 11.1 Å². The van der Waals surface area contributed by atoms with E-state index in [4.69, 9.17) is 11.6 Å². The van der Waals surface area contributed by atoms with Crippen LogP contribution in [-0.4, -0.2) is 16.5 Å². The van der Waals surface area contributed by atoms with Gasteiger partial charge in [-0.15, -0.1) is 0 Å². The van der Waals surface area contributed by atoms with Crippen molar-refractivity contribution in [2.75, 3.05) is 6.54 Å². The third-order valence-electron chi connectivity index (χ3n) is 2.48. The molecule has 0 aliphatic rings. The van der Waals surface area contributed by atoms with Gasteiger partial charge in [-0.25, -0.2) is 9.97 Å². The highest BCUT2D eigenvalue weighted by Gasteiger charge is 2.04. The zero-order valence-corrected chi connectivity index (χ0v) is 10.4. The standard InChI is InChI=1S/C13H14ClN3/c1-2-15-6-10-3-4-12(13(14)5-10)11-7-16-9-17-8-11/h3-5,7-9,15H,2,6H2,1H3. The first-order valence-corrected chi connectivity index (χ1v) is 5.93. The zero-order valence-electron chi connectivity index (χ0n) is 9.65. The van der Waals surface area contributed by atoms with Crippen LogP contribution < -0.4 is 5.32 Å². The van der Waals surface area contributed by atoms with Crippen molar-refractivity contribution < 1.29 is 0 Å². The summed E-state index contributed by atoms with van der Waals surface area (Å²) in [4.78, 5) is 7.98. The van der Waals surface area contributed by atoms with E-state index in [0.29, 0.717) is 0 Å². The van der Waals surface area contributed by atoms with Crippen molar-refractivity contribution in [1.82, 2.24) is 15.3 Å². The van der Waals surface area contributed by atoms with E-state index in [1.165, 1.54) is 11.9 Å². The predicted molar refractivity (Wildman–Crippen MR) is 69.9 cm³/mol. The quantitative estimate of drug-likeness (QED) is 0.903. The number of nitrogens with one attached hydrogen (secondary N) is 1. The molecule has 17 heavy (non-hydrogen) atoms. The van der Waals surface area contributed by atoms with Crippen molar-refractivity contribution >= 4 is 11.6 Å². The lowest BCUT2D eigenvalue weighted by molar-refractivity contribution is 0.727. The van der Waals surface area contributed by atoms with Gasteiger partial charge < -0.3 is 5.32 Å². The normalized spacial score (nSPS) is 10.5. The second kappa shape index (κ2) is 5.75. The van der Waals surface area contributed by atoms with Gasteiger partial charge in [-0.2, -0.15) is 0 Å². The largest absolute Gasteiger partial charge is 0.313 e. The van der Waals surface area contributed by atoms with Gasteiger partial charge in [0.05, 0.1) is 0 Å². The van der Waals surface area contributed by atoms with E-state index in [9.17, 15) is 0 Å². The highest BCUT2D eigenvalue weighted by atomic mass is 35.5. The zero-order chi connectivity index (χ0) is 12.1. The van der Waals surface area contributed by atoms with Gasteiger partial charge in [-0.1, -0.05) is 30.7 Å². The van der Waals surface area contributed by atoms with Crippen LogP contribution in [-0.2, 0) is 6.54 Å². The molecule has 0 spiro atoms. The fourth-order valence-corrected chi connectivity index (χ4v) is 1.92. The lowest BCUT2D eigenvalue weighted by atomic mass is 10.1. The number of benzene rings is 1. The summed E-state index contributed by atoms with van der Waals surface area (Å²) in [6, 6.07) is 6.05. The smallest absolute Gasteiger partial charge is 0.115 e. The van der Waals surface area contributed by atoms with Crippen LogP contribution in [0.2, 0.25) is 5.02 Å². The summed E-state index contributed by atoms with van der Waals surface area (Å²) in [5.74, 6) is 0. The Bertz CT molecular complexity index is 485. The molecule has 0 fully saturated rings. The van der Waals surface area contributed by atoms with Crippen molar-refractivity contribution in [3.63, 3.8) is 0 Å². The molecule has 0 bridgehead atoms. The van der Waals surface area contributed by atoms with E-state index in [1.807, 2.05) is 12.1 Å². The Morgan fingerprint density at radius 3 is 2.65 bits per heavy atom. The molecular formula is C13H14ClN3. The van der Waals surface area contributed by atoms with Crippen molar-refractivity contribution in [2.45, 2.75) is 13.5 Å². The molecule has 1 N–H and O–H groups in total. The Kier molecular flexibility index (Phi) is 4.07. The minimum Gasteiger partial charge on any atom is -0.313 e. The SMILES string of the molecule is CCNCc1ccc(-c2cncnc2)c(Cl)c1. The molecule has 0 atom stereocenters. The van der Waals surface area contributed by atoms with Gasteiger partial charge in [0.2, 0.25) is 0 Å². The molecule has 0 saturated heterocycles. The molecule has 2 rings (SSSR count). The summed E-state index contributed by atoms with van der Waals surface area (Å²) >= 11 is 6.26. The summed E-state index contributed by atoms with van der Waals surface area (Å²) in [5.41, 5.74) is 3.08. The van der Waals surface area contributed by atoms with Gasteiger partial charge in [0.25, 0.3) is 0 Å². The molecule has 4 heteroatoms. The Labute approximate surface area is 106 Å². The third kappa shape index (κ3) is 3.02. The number of nitrogens with zero attached hydrogens (tertiary/aromatic N) is 2. The van der Waals surface area contributed by atoms with Gasteiger partial charge in [0.1, 0.15) is 6.33 Å². The van der Waals surface area contributed by atoms with E-state index < -0.39 is 0 Å². The molecular weight excluding hydrogens is 234 g/mol. The summed E-state index contributed by atoms with van der Waals surface area (Å²) in [6.45, 7) is 3.87. The fraction of sp³-hybridized carbons (Fsp3) is 0.231. The highest BCUT2D eigenvalue weighted by molar-refractivity contribution is 6.33. The second-order valence-electron chi connectivity index (χ2n) is 3.72. The Hall–Kier alpha value is -1.45. The van der Waals surface area contributed by atoms with E-state index >= 15 is 0 Å². The Morgan fingerprint density at radius 2 is 2.00 bits per heavy atom. The van der Waals surface area contributed by atoms with Gasteiger partial charge in [0, 0.05) is 35.1 Å². The highest BCUT2D eigenvalue weighted by Crippen LogP contribution is 2.27. The number of halogens is 1. The third-order valence-corrected chi connectivity index (χ3v) is 2.80. The number of aromatic nitrogens is 2. The van der Waals surface area contributed by atoms with E-state index in [-0.39, 0.29) is 0 Å². The molecule has 0 saturated carbocycles. The van der Waals surface area contributed by atoms with E-state index in [0.717, 1.165) is 29.2 Å². The first-order chi connectivity index (χ1) is 8.31. The van der Waals surface area contributed by atoms with E-state index in [1.54, 1.807) is 12.4 Å². The number of hydrogen-bond acceptors (Lipinski definition) is 3. The van der Waals surface area contributed by atoms with Gasteiger partial charge in [0.15, 0.2) is 0 Å². The van der Waals surface area contributed by atoms with Crippen LogP contribution in [0.15, 0.2) is 36.9 Å². The topological polar surface area (TPSA) is 37.8 Å². The molecule has 1 aromatic carbocycles. The van der Waals surface area contributed by atoms with Crippen LogP contribution in [0.4, 0.5) is 0 Å². The second-order valence-corrected chi connectivity index (χ2v) is 4.13. The van der Waals surface area contributed by atoms with Gasteiger partial charge in [-0.05, 0) is 18.2 Å². The Balaban J connectivity index is 2.26.